The van der Waals surface area contributed by atoms with Crippen molar-refractivity contribution < 1.29 is 14.3 Å². The number of methoxy groups -OCH3 is 2. The molecule has 0 aliphatic rings. The number of nitrogens with one attached hydrogen (secondary N) is 1. The number of aromatic nitrogens is 3. The molecule has 0 saturated heterocycles. The fourth-order valence-corrected chi connectivity index (χ4v) is 2.57. The molecule has 0 bridgehead atoms. The van der Waals surface area contributed by atoms with E-state index in [0.29, 0.717) is 28.3 Å². The van der Waals surface area contributed by atoms with Gasteiger partial charge in [-0.05, 0) is 44.2 Å². The van der Waals surface area contributed by atoms with Crippen molar-refractivity contribution in [3.05, 3.63) is 42.0 Å². The van der Waals surface area contributed by atoms with Crippen LogP contribution < -0.4 is 14.8 Å². The van der Waals surface area contributed by atoms with Gasteiger partial charge in [-0.1, -0.05) is 5.21 Å². The summed E-state index contributed by atoms with van der Waals surface area (Å²) in [4.78, 5) is 12.6. The summed E-state index contributed by atoms with van der Waals surface area (Å²) in [5.41, 5.74) is 2.61. The van der Waals surface area contributed by atoms with Gasteiger partial charge >= 0.3 is 0 Å². The molecule has 0 saturated carbocycles. The lowest BCUT2D eigenvalue weighted by atomic mass is 10.1. The first-order valence-electron chi connectivity index (χ1n) is 7.92. The fraction of sp³-hybridized carbons (Fsp3) is 0.278. The van der Waals surface area contributed by atoms with Gasteiger partial charge < -0.3 is 14.8 Å². The molecule has 0 aliphatic heterocycles. The summed E-state index contributed by atoms with van der Waals surface area (Å²) in [7, 11) is 3.12. The highest BCUT2D eigenvalue weighted by molar-refractivity contribution is 6.06. The van der Waals surface area contributed by atoms with Crippen LogP contribution in [0.15, 0.2) is 36.4 Å². The molecule has 1 aromatic heterocycles. The molecular formula is C18H20N4O3. The molecule has 0 atom stereocenters. The van der Waals surface area contributed by atoms with Crippen molar-refractivity contribution in [1.82, 2.24) is 15.0 Å². The second-order valence-electron chi connectivity index (χ2n) is 5.85. The van der Waals surface area contributed by atoms with Crippen LogP contribution in [0.1, 0.15) is 30.2 Å². The van der Waals surface area contributed by atoms with Crippen molar-refractivity contribution >= 4 is 22.6 Å². The number of fused-ring (bicyclic) bond motifs is 1. The van der Waals surface area contributed by atoms with Crippen molar-refractivity contribution in [2.24, 2.45) is 0 Å². The van der Waals surface area contributed by atoms with Gasteiger partial charge in [0.05, 0.1) is 25.4 Å². The first-order chi connectivity index (χ1) is 12.0. The van der Waals surface area contributed by atoms with Crippen molar-refractivity contribution in [3.8, 4) is 11.5 Å². The van der Waals surface area contributed by atoms with Gasteiger partial charge in [0.1, 0.15) is 17.0 Å². The van der Waals surface area contributed by atoms with E-state index in [4.69, 9.17) is 9.47 Å². The Kier molecular flexibility index (Phi) is 4.56. The molecule has 0 fully saturated rings. The van der Waals surface area contributed by atoms with Crippen LogP contribution in [0, 0.1) is 0 Å². The maximum Gasteiger partial charge on any atom is 0.255 e. The zero-order chi connectivity index (χ0) is 18.0. The molecule has 1 N–H and O–H groups in total. The van der Waals surface area contributed by atoms with Gasteiger partial charge in [-0.15, -0.1) is 5.10 Å². The van der Waals surface area contributed by atoms with E-state index in [2.05, 4.69) is 15.6 Å². The third kappa shape index (κ3) is 3.26. The van der Waals surface area contributed by atoms with E-state index in [1.165, 1.54) is 0 Å². The van der Waals surface area contributed by atoms with E-state index >= 15 is 0 Å². The van der Waals surface area contributed by atoms with Gasteiger partial charge in [-0.25, -0.2) is 4.68 Å². The average Bonchev–Trinajstić information content (AvgIpc) is 3.05. The van der Waals surface area contributed by atoms with Gasteiger partial charge in [0.15, 0.2) is 0 Å². The normalized spacial score (nSPS) is 10.9. The molecule has 0 radical (unpaired) electrons. The number of carbonyl (C=O) groups excluding carboxylic acids is 1. The standard InChI is InChI=1S/C18H20N4O3/c1-11(2)22-16-7-5-12(9-14(16)20-21-22)18(23)19-15-10-13(24-3)6-8-17(15)25-4/h5-11H,1-4H3,(H,19,23). The molecule has 7 nitrogen and oxygen atoms in total. The number of hydrogen-bond acceptors (Lipinski definition) is 5. The van der Waals surface area contributed by atoms with E-state index in [0.717, 1.165) is 5.52 Å². The number of ether oxygens (including phenoxy) is 2. The predicted molar refractivity (Wildman–Crippen MR) is 95.4 cm³/mol. The Labute approximate surface area is 145 Å². The molecule has 1 amide bonds. The molecule has 0 unspecified atom stereocenters. The highest BCUT2D eigenvalue weighted by Gasteiger charge is 2.14. The number of benzene rings is 2. The molecule has 25 heavy (non-hydrogen) atoms. The number of hydrogen-bond donors (Lipinski definition) is 1. The highest BCUT2D eigenvalue weighted by atomic mass is 16.5. The fourth-order valence-electron chi connectivity index (χ4n) is 2.57. The van der Waals surface area contributed by atoms with Crippen LogP contribution in [0.3, 0.4) is 0 Å². The van der Waals surface area contributed by atoms with Crippen LogP contribution in [-0.2, 0) is 0 Å². The Morgan fingerprint density at radius 3 is 2.60 bits per heavy atom. The van der Waals surface area contributed by atoms with Crippen LogP contribution in [0.4, 0.5) is 5.69 Å². The van der Waals surface area contributed by atoms with Crippen LogP contribution >= 0.6 is 0 Å². The second kappa shape index (κ2) is 6.80. The summed E-state index contributed by atoms with van der Waals surface area (Å²) in [6.07, 6.45) is 0. The Bertz CT molecular complexity index is 918. The van der Waals surface area contributed by atoms with E-state index in [1.807, 2.05) is 24.6 Å². The lowest BCUT2D eigenvalue weighted by molar-refractivity contribution is 0.102. The van der Waals surface area contributed by atoms with Gasteiger partial charge in [0.2, 0.25) is 0 Å². The molecule has 0 spiro atoms. The molecule has 7 heteroatoms. The Hall–Kier alpha value is -3.09. The van der Waals surface area contributed by atoms with Crippen LogP contribution in [-0.4, -0.2) is 35.1 Å². The maximum absolute atomic E-state index is 12.6. The highest BCUT2D eigenvalue weighted by Crippen LogP contribution is 2.29. The lowest BCUT2D eigenvalue weighted by Crippen LogP contribution is -2.12. The molecule has 3 rings (SSSR count). The monoisotopic (exact) mass is 340 g/mol. The van der Waals surface area contributed by atoms with Gasteiger partial charge in [-0.2, -0.15) is 0 Å². The summed E-state index contributed by atoms with van der Waals surface area (Å²) in [5.74, 6) is 0.931. The SMILES string of the molecule is COc1ccc(OC)c(NC(=O)c2ccc3c(c2)nnn3C(C)C)c1. The van der Waals surface area contributed by atoms with Crippen molar-refractivity contribution in [3.63, 3.8) is 0 Å². The molecule has 3 aromatic rings. The van der Waals surface area contributed by atoms with Gasteiger partial charge in [0.25, 0.3) is 5.91 Å². The van der Waals surface area contributed by atoms with Crippen LogP contribution in [0.5, 0.6) is 11.5 Å². The zero-order valence-electron chi connectivity index (χ0n) is 14.6. The Balaban J connectivity index is 1.90. The van der Waals surface area contributed by atoms with Crippen LogP contribution in [0.2, 0.25) is 0 Å². The number of amides is 1. The topological polar surface area (TPSA) is 78.3 Å². The molecular weight excluding hydrogens is 320 g/mol. The predicted octanol–water partition coefficient (Wildman–Crippen LogP) is 3.28. The molecule has 0 aliphatic carbocycles. The van der Waals surface area contributed by atoms with Crippen LogP contribution in [0.25, 0.3) is 11.0 Å². The van der Waals surface area contributed by atoms with Gasteiger partial charge in [-0.3, -0.25) is 4.79 Å². The quantitative estimate of drug-likeness (QED) is 0.771. The Morgan fingerprint density at radius 1 is 1.12 bits per heavy atom. The van der Waals surface area contributed by atoms with E-state index in [9.17, 15) is 4.79 Å². The van der Waals surface area contributed by atoms with Gasteiger partial charge in [0, 0.05) is 17.7 Å². The van der Waals surface area contributed by atoms with E-state index in [1.54, 1.807) is 44.6 Å². The molecule has 130 valence electrons. The average molecular weight is 340 g/mol. The number of rotatable bonds is 5. The number of nitrogens with zero attached hydrogens (tertiary/aromatic N) is 3. The van der Waals surface area contributed by atoms with E-state index in [-0.39, 0.29) is 11.9 Å². The van der Waals surface area contributed by atoms with Crippen molar-refractivity contribution in [1.29, 1.82) is 0 Å². The summed E-state index contributed by atoms with van der Waals surface area (Å²) < 4.78 is 12.3. The first kappa shape index (κ1) is 16.8. The van der Waals surface area contributed by atoms with Crippen molar-refractivity contribution in [2.45, 2.75) is 19.9 Å². The molecule has 1 heterocycles. The third-order valence-corrected chi connectivity index (χ3v) is 3.88. The van der Waals surface area contributed by atoms with E-state index < -0.39 is 0 Å². The summed E-state index contributed by atoms with van der Waals surface area (Å²) in [5, 5.41) is 11.1. The second-order valence-corrected chi connectivity index (χ2v) is 5.85. The summed E-state index contributed by atoms with van der Waals surface area (Å²) in [6, 6.07) is 10.8. The smallest absolute Gasteiger partial charge is 0.255 e. The molecule has 2 aromatic carbocycles. The summed E-state index contributed by atoms with van der Waals surface area (Å²) in [6.45, 7) is 4.06. The lowest BCUT2D eigenvalue weighted by Gasteiger charge is -2.12. The minimum absolute atomic E-state index is 0.200. The largest absolute Gasteiger partial charge is 0.497 e. The Morgan fingerprint density at radius 2 is 1.92 bits per heavy atom. The zero-order valence-corrected chi connectivity index (χ0v) is 14.6. The minimum Gasteiger partial charge on any atom is -0.497 e. The number of carbonyl (C=O) groups is 1. The summed E-state index contributed by atoms with van der Waals surface area (Å²) >= 11 is 0. The first-order valence-corrected chi connectivity index (χ1v) is 7.92. The number of anilines is 1. The minimum atomic E-state index is -0.257. The van der Waals surface area contributed by atoms with Crippen molar-refractivity contribution in [2.75, 3.05) is 19.5 Å². The maximum atomic E-state index is 12.6. The third-order valence-electron chi connectivity index (χ3n) is 3.88.